The Balaban J connectivity index is 1.64. The van der Waals surface area contributed by atoms with Crippen LogP contribution >= 0.6 is 0 Å². The lowest BCUT2D eigenvalue weighted by Gasteiger charge is -2.32. The number of nitrogens with zero attached hydrogens (tertiary/aromatic N) is 2. The van der Waals surface area contributed by atoms with Crippen LogP contribution in [0.4, 0.5) is 10.1 Å². The maximum atomic E-state index is 14.2. The summed E-state index contributed by atoms with van der Waals surface area (Å²) in [6.45, 7) is 1.12. The number of carbonyl (C=O) groups is 4. The van der Waals surface area contributed by atoms with Gasteiger partial charge in [-0.2, -0.15) is 0 Å². The van der Waals surface area contributed by atoms with Gasteiger partial charge < -0.3 is 10.1 Å². The van der Waals surface area contributed by atoms with Crippen molar-refractivity contribution < 1.29 is 28.3 Å². The molecule has 1 aromatic heterocycles. The third kappa shape index (κ3) is 4.42. The van der Waals surface area contributed by atoms with Crippen LogP contribution in [-0.4, -0.2) is 39.6 Å². The van der Waals surface area contributed by atoms with Crippen LogP contribution in [-0.2, 0) is 14.3 Å². The normalized spacial score (nSPS) is 14.3. The summed E-state index contributed by atoms with van der Waals surface area (Å²) < 4.78 is 19.7. The number of benzene rings is 3. The van der Waals surface area contributed by atoms with Crippen molar-refractivity contribution in [1.82, 2.24) is 9.88 Å². The number of hydrogen-bond donors (Lipinski definition) is 1. The fourth-order valence-corrected chi connectivity index (χ4v) is 4.44. The predicted octanol–water partition coefficient (Wildman–Crippen LogP) is 4.28. The molecule has 0 spiro atoms. The van der Waals surface area contributed by atoms with E-state index in [-0.39, 0.29) is 16.7 Å². The van der Waals surface area contributed by atoms with Gasteiger partial charge in [0.05, 0.1) is 22.3 Å². The number of ether oxygens (including phenoxy) is 1. The zero-order chi connectivity index (χ0) is 26.1. The summed E-state index contributed by atoms with van der Waals surface area (Å²) in [7, 11) is 0. The maximum Gasteiger partial charge on any atom is 0.303 e. The monoisotopic (exact) mass is 497 g/mol. The van der Waals surface area contributed by atoms with E-state index >= 15 is 0 Å². The number of carbonyl (C=O) groups excluding carboxylic acids is 4. The number of para-hydroxylation sites is 1. The molecule has 5 rings (SSSR count). The number of rotatable bonds is 6. The fraction of sp³-hybridized carbons (Fsp3) is 0.107. The number of fused-ring (bicyclic) bond motifs is 2. The Morgan fingerprint density at radius 1 is 0.919 bits per heavy atom. The number of nitrogens with one attached hydrogen (secondary N) is 1. The van der Waals surface area contributed by atoms with Crippen molar-refractivity contribution in [2.45, 2.75) is 19.1 Å². The van der Waals surface area contributed by atoms with E-state index in [1.165, 1.54) is 30.3 Å². The van der Waals surface area contributed by atoms with Crippen molar-refractivity contribution in [2.24, 2.45) is 0 Å². The lowest BCUT2D eigenvalue weighted by Crippen LogP contribution is -2.51. The van der Waals surface area contributed by atoms with Crippen LogP contribution in [0.15, 0.2) is 85.1 Å². The Kier molecular flexibility index (Phi) is 6.19. The Bertz CT molecular complexity index is 1530. The van der Waals surface area contributed by atoms with Gasteiger partial charge in [0.1, 0.15) is 5.82 Å². The van der Waals surface area contributed by atoms with Crippen molar-refractivity contribution in [2.75, 3.05) is 5.32 Å². The van der Waals surface area contributed by atoms with E-state index in [0.29, 0.717) is 11.2 Å². The summed E-state index contributed by atoms with van der Waals surface area (Å²) in [4.78, 5) is 57.9. The van der Waals surface area contributed by atoms with Crippen molar-refractivity contribution in [3.05, 3.63) is 108 Å². The topological polar surface area (TPSA) is 106 Å². The average molecular weight is 497 g/mol. The largest absolute Gasteiger partial charge is 0.455 e. The molecule has 0 aliphatic carbocycles. The molecule has 4 aromatic rings. The van der Waals surface area contributed by atoms with Gasteiger partial charge in [-0.25, -0.2) is 4.39 Å². The molecule has 0 bridgehead atoms. The van der Waals surface area contributed by atoms with E-state index < -0.39 is 41.7 Å². The second kappa shape index (κ2) is 9.62. The van der Waals surface area contributed by atoms with Crippen molar-refractivity contribution in [3.63, 3.8) is 0 Å². The Labute approximate surface area is 210 Å². The number of amides is 3. The molecule has 0 saturated heterocycles. The van der Waals surface area contributed by atoms with Gasteiger partial charge in [-0.15, -0.1) is 0 Å². The van der Waals surface area contributed by atoms with Crippen LogP contribution in [0.25, 0.3) is 10.9 Å². The first-order chi connectivity index (χ1) is 17.8. The smallest absolute Gasteiger partial charge is 0.303 e. The van der Waals surface area contributed by atoms with E-state index in [9.17, 15) is 23.6 Å². The summed E-state index contributed by atoms with van der Waals surface area (Å²) in [5, 5.41) is 3.48. The van der Waals surface area contributed by atoms with Crippen molar-refractivity contribution in [1.29, 1.82) is 0 Å². The highest BCUT2D eigenvalue weighted by Crippen LogP contribution is 2.34. The lowest BCUT2D eigenvalue weighted by molar-refractivity contribution is -0.151. The average Bonchev–Trinajstić information content (AvgIpc) is 3.14. The minimum Gasteiger partial charge on any atom is -0.455 e. The van der Waals surface area contributed by atoms with Gasteiger partial charge in [0.15, 0.2) is 12.1 Å². The van der Waals surface area contributed by atoms with Crippen LogP contribution in [0.5, 0.6) is 0 Å². The second-order valence-electron chi connectivity index (χ2n) is 8.43. The van der Waals surface area contributed by atoms with Crippen LogP contribution < -0.4 is 5.32 Å². The predicted molar refractivity (Wildman–Crippen MR) is 132 cm³/mol. The number of halogens is 1. The number of pyridine rings is 1. The van der Waals surface area contributed by atoms with E-state index in [4.69, 9.17) is 4.74 Å². The van der Waals surface area contributed by atoms with E-state index in [2.05, 4.69) is 10.3 Å². The van der Waals surface area contributed by atoms with E-state index in [0.717, 1.165) is 23.3 Å². The highest BCUT2D eigenvalue weighted by Gasteiger charge is 2.48. The van der Waals surface area contributed by atoms with Gasteiger partial charge in [-0.05, 0) is 42.0 Å². The number of aromatic nitrogens is 1. The third-order valence-corrected chi connectivity index (χ3v) is 6.02. The van der Waals surface area contributed by atoms with E-state index in [1.54, 1.807) is 36.5 Å². The SMILES string of the molecule is CC(=O)O[C@@H](c1cccc(F)c1)[C@@H](C(=O)Nc1cccc2cccnc12)N1C(=O)c2ccccc2C1=O. The first kappa shape index (κ1) is 23.8. The van der Waals surface area contributed by atoms with E-state index in [1.807, 2.05) is 12.1 Å². The van der Waals surface area contributed by atoms with Crippen LogP contribution in [0, 0.1) is 5.82 Å². The number of anilines is 1. The quantitative estimate of drug-likeness (QED) is 0.315. The van der Waals surface area contributed by atoms with Gasteiger partial charge in [0, 0.05) is 18.5 Å². The Hall–Kier alpha value is -4.92. The maximum absolute atomic E-state index is 14.2. The van der Waals surface area contributed by atoms with Gasteiger partial charge in [0.25, 0.3) is 17.7 Å². The van der Waals surface area contributed by atoms with Gasteiger partial charge in [0.2, 0.25) is 0 Å². The fourth-order valence-electron chi connectivity index (χ4n) is 4.44. The summed E-state index contributed by atoms with van der Waals surface area (Å²) >= 11 is 0. The highest BCUT2D eigenvalue weighted by atomic mass is 19.1. The Morgan fingerprint density at radius 2 is 1.59 bits per heavy atom. The number of imide groups is 1. The molecule has 184 valence electrons. The molecule has 0 saturated carbocycles. The molecule has 1 aliphatic heterocycles. The molecule has 2 heterocycles. The minimum absolute atomic E-state index is 0.1000. The first-order valence-corrected chi connectivity index (χ1v) is 11.4. The zero-order valence-electron chi connectivity index (χ0n) is 19.6. The molecule has 0 fully saturated rings. The van der Waals surface area contributed by atoms with Crippen LogP contribution in [0.3, 0.4) is 0 Å². The second-order valence-corrected chi connectivity index (χ2v) is 8.43. The third-order valence-electron chi connectivity index (χ3n) is 6.02. The lowest BCUT2D eigenvalue weighted by atomic mass is 9.99. The molecule has 3 amide bonds. The first-order valence-electron chi connectivity index (χ1n) is 11.4. The van der Waals surface area contributed by atoms with Crippen LogP contribution in [0.2, 0.25) is 0 Å². The molecule has 3 aromatic carbocycles. The van der Waals surface area contributed by atoms with Crippen molar-refractivity contribution in [3.8, 4) is 0 Å². The zero-order valence-corrected chi connectivity index (χ0v) is 19.6. The molecule has 0 unspecified atom stereocenters. The minimum atomic E-state index is -1.66. The van der Waals surface area contributed by atoms with Gasteiger partial charge in [-0.3, -0.25) is 29.1 Å². The summed E-state index contributed by atoms with van der Waals surface area (Å²) in [5.41, 5.74) is 1.12. The van der Waals surface area contributed by atoms with Crippen LogP contribution in [0.1, 0.15) is 39.3 Å². The van der Waals surface area contributed by atoms with Gasteiger partial charge in [-0.1, -0.05) is 42.5 Å². The Morgan fingerprint density at radius 3 is 2.27 bits per heavy atom. The molecule has 0 radical (unpaired) electrons. The molecule has 9 heteroatoms. The molecule has 37 heavy (non-hydrogen) atoms. The molecule has 1 aliphatic rings. The molecule has 8 nitrogen and oxygen atoms in total. The molecule has 1 N–H and O–H groups in total. The molecular weight excluding hydrogens is 477 g/mol. The summed E-state index contributed by atoms with van der Waals surface area (Å²) in [6, 6.07) is 18.3. The standard InChI is InChI=1S/C28H20FN3O5/c1-16(33)37-25(18-8-4-10-19(29)15-18)24(32-27(35)20-11-2-3-12-21(20)28(32)36)26(34)31-22-13-5-7-17-9-6-14-30-23(17)22/h2-15,24-25H,1H3,(H,31,34)/t24-,25-/m0/s1. The molecular formula is C28H20FN3O5. The van der Waals surface area contributed by atoms with Gasteiger partial charge >= 0.3 is 5.97 Å². The van der Waals surface area contributed by atoms with Crippen molar-refractivity contribution >= 4 is 40.3 Å². The highest BCUT2D eigenvalue weighted by molar-refractivity contribution is 6.23. The summed E-state index contributed by atoms with van der Waals surface area (Å²) in [6.07, 6.45) is 0.0759. The summed E-state index contributed by atoms with van der Waals surface area (Å²) in [5.74, 6) is -3.70. The number of hydrogen-bond acceptors (Lipinski definition) is 6. The number of esters is 1. The molecule has 2 atom stereocenters.